The van der Waals surface area contributed by atoms with Crippen LogP contribution in [-0.4, -0.2) is 20.8 Å². The van der Waals surface area contributed by atoms with Crippen molar-refractivity contribution in [3.8, 4) is 5.75 Å². The molecule has 1 N–H and O–H groups in total. The third kappa shape index (κ3) is 4.02. The Bertz CT molecular complexity index is 972. The van der Waals surface area contributed by atoms with Gasteiger partial charge in [-0.3, -0.25) is 9.48 Å². The number of ether oxygens (including phenoxy) is 1. The van der Waals surface area contributed by atoms with Gasteiger partial charge in [-0.2, -0.15) is 5.10 Å². The average Bonchev–Trinajstić information content (AvgIpc) is 3.18. The number of benzene rings is 1. The molecule has 2 heterocycles. The summed E-state index contributed by atoms with van der Waals surface area (Å²) in [5.74, 6) is 1.41. The molecule has 1 aromatic carbocycles. The molecule has 0 saturated heterocycles. The molecule has 27 heavy (non-hydrogen) atoms. The van der Waals surface area contributed by atoms with Crippen molar-refractivity contribution in [2.75, 3.05) is 5.32 Å². The largest absolute Gasteiger partial charge is 0.489 e. The molecule has 0 atom stereocenters. The summed E-state index contributed by atoms with van der Waals surface area (Å²) in [6.45, 7) is 10.7. The lowest BCUT2D eigenvalue weighted by Crippen LogP contribution is -2.16. The number of amides is 1. The molecule has 0 aliphatic carbocycles. The Morgan fingerprint density at radius 1 is 1.19 bits per heavy atom. The third-order valence-corrected chi connectivity index (χ3v) is 4.58. The Labute approximate surface area is 158 Å². The molecule has 0 spiro atoms. The van der Waals surface area contributed by atoms with Crippen molar-refractivity contribution in [1.29, 1.82) is 0 Å². The number of nitrogens with zero attached hydrogens (tertiary/aromatic N) is 3. The summed E-state index contributed by atoms with van der Waals surface area (Å²) >= 11 is 0. The van der Waals surface area contributed by atoms with Gasteiger partial charge in [-0.15, -0.1) is 0 Å². The van der Waals surface area contributed by atoms with Gasteiger partial charge in [0, 0.05) is 18.3 Å². The number of aryl methyl sites for hydroxylation is 5. The van der Waals surface area contributed by atoms with E-state index in [1.165, 1.54) is 5.56 Å². The zero-order chi connectivity index (χ0) is 19.6. The zero-order valence-electron chi connectivity index (χ0n) is 16.3. The fourth-order valence-corrected chi connectivity index (χ4v) is 2.77. The maximum atomic E-state index is 12.6. The maximum Gasteiger partial charge on any atom is 0.279 e. The smallest absolute Gasteiger partial charge is 0.279 e. The Morgan fingerprint density at radius 3 is 2.63 bits per heavy atom. The van der Waals surface area contributed by atoms with E-state index >= 15 is 0 Å². The quantitative estimate of drug-likeness (QED) is 0.712. The van der Waals surface area contributed by atoms with Crippen LogP contribution >= 0.6 is 0 Å². The second-order valence-electron chi connectivity index (χ2n) is 6.54. The summed E-state index contributed by atoms with van der Waals surface area (Å²) in [6, 6.07) is 7.70. The van der Waals surface area contributed by atoms with Crippen molar-refractivity contribution in [2.24, 2.45) is 0 Å². The third-order valence-electron chi connectivity index (χ3n) is 4.58. The van der Waals surface area contributed by atoms with E-state index in [4.69, 9.17) is 9.26 Å². The first-order chi connectivity index (χ1) is 12.9. The average molecular weight is 368 g/mol. The van der Waals surface area contributed by atoms with Crippen LogP contribution < -0.4 is 10.1 Å². The summed E-state index contributed by atoms with van der Waals surface area (Å²) in [4.78, 5) is 12.6. The van der Waals surface area contributed by atoms with E-state index < -0.39 is 0 Å². The van der Waals surface area contributed by atoms with Crippen molar-refractivity contribution in [1.82, 2.24) is 14.9 Å². The highest BCUT2D eigenvalue weighted by Gasteiger charge is 2.21. The van der Waals surface area contributed by atoms with E-state index in [-0.39, 0.29) is 18.2 Å². The van der Waals surface area contributed by atoms with Gasteiger partial charge in [0.2, 0.25) is 0 Å². The first-order valence-electron chi connectivity index (χ1n) is 8.90. The molecule has 7 nitrogen and oxygen atoms in total. The Balaban J connectivity index is 1.74. The van der Waals surface area contributed by atoms with Gasteiger partial charge in [0.25, 0.3) is 5.91 Å². The number of carbonyl (C=O) groups excluding carboxylic acids is 1. The number of carbonyl (C=O) groups is 1. The summed E-state index contributed by atoms with van der Waals surface area (Å²) in [5.41, 5.74) is 4.15. The Hall–Kier alpha value is -3.09. The zero-order valence-corrected chi connectivity index (χ0v) is 16.3. The van der Waals surface area contributed by atoms with Crippen molar-refractivity contribution >= 4 is 11.7 Å². The molecule has 0 saturated carbocycles. The molecule has 2 aromatic heterocycles. The van der Waals surface area contributed by atoms with E-state index in [0.29, 0.717) is 17.1 Å². The first-order valence-corrected chi connectivity index (χ1v) is 8.90. The maximum absolute atomic E-state index is 12.6. The van der Waals surface area contributed by atoms with E-state index in [2.05, 4.69) is 15.6 Å². The number of hydrogen-bond acceptors (Lipinski definition) is 5. The van der Waals surface area contributed by atoms with E-state index in [0.717, 1.165) is 23.6 Å². The lowest BCUT2D eigenvalue weighted by molar-refractivity contribution is 0.101. The van der Waals surface area contributed by atoms with Crippen molar-refractivity contribution in [3.05, 3.63) is 58.1 Å². The number of anilines is 1. The van der Waals surface area contributed by atoms with Crippen LogP contribution in [0.1, 0.15) is 45.6 Å². The topological polar surface area (TPSA) is 82.2 Å². The number of aromatic nitrogens is 3. The van der Waals surface area contributed by atoms with Crippen LogP contribution in [0.3, 0.4) is 0 Å². The van der Waals surface area contributed by atoms with Gasteiger partial charge in [0.1, 0.15) is 18.1 Å². The molecule has 142 valence electrons. The predicted molar refractivity (Wildman–Crippen MR) is 102 cm³/mol. The number of rotatable bonds is 6. The van der Waals surface area contributed by atoms with Crippen LogP contribution in [0.2, 0.25) is 0 Å². The van der Waals surface area contributed by atoms with Crippen molar-refractivity contribution < 1.29 is 14.1 Å². The van der Waals surface area contributed by atoms with Gasteiger partial charge in [0.15, 0.2) is 11.5 Å². The van der Waals surface area contributed by atoms with E-state index in [9.17, 15) is 4.79 Å². The fourth-order valence-electron chi connectivity index (χ4n) is 2.77. The second-order valence-corrected chi connectivity index (χ2v) is 6.54. The van der Waals surface area contributed by atoms with E-state index in [1.807, 2.05) is 56.6 Å². The molecule has 0 fully saturated rings. The van der Waals surface area contributed by atoms with Crippen LogP contribution in [0.15, 0.2) is 28.8 Å². The fraction of sp³-hybridized carbons (Fsp3) is 0.350. The minimum absolute atomic E-state index is 0.197. The monoisotopic (exact) mass is 368 g/mol. The van der Waals surface area contributed by atoms with Gasteiger partial charge >= 0.3 is 0 Å². The van der Waals surface area contributed by atoms with Gasteiger partial charge in [0.05, 0.1) is 5.56 Å². The number of hydrogen-bond donors (Lipinski definition) is 1. The summed E-state index contributed by atoms with van der Waals surface area (Å²) in [7, 11) is 0. The van der Waals surface area contributed by atoms with E-state index in [1.54, 1.807) is 6.92 Å². The summed E-state index contributed by atoms with van der Waals surface area (Å²) < 4.78 is 12.9. The molecule has 1 amide bonds. The Morgan fingerprint density at radius 2 is 1.96 bits per heavy atom. The number of nitrogens with one attached hydrogen (secondary N) is 1. The van der Waals surface area contributed by atoms with Crippen LogP contribution in [-0.2, 0) is 13.2 Å². The van der Waals surface area contributed by atoms with Gasteiger partial charge in [-0.1, -0.05) is 11.2 Å². The summed E-state index contributed by atoms with van der Waals surface area (Å²) in [6.07, 6.45) is 0. The van der Waals surface area contributed by atoms with Crippen LogP contribution in [0.4, 0.5) is 5.82 Å². The SMILES string of the molecule is CCn1nc(NC(=O)c2noc(C)c2COc2ccc(C)c(C)c2)cc1C. The molecule has 3 rings (SSSR count). The Kier molecular flexibility index (Phi) is 5.30. The van der Waals surface area contributed by atoms with Crippen LogP contribution in [0.5, 0.6) is 5.75 Å². The summed E-state index contributed by atoms with van der Waals surface area (Å²) in [5, 5.41) is 11.0. The molecule has 0 radical (unpaired) electrons. The highest BCUT2D eigenvalue weighted by Crippen LogP contribution is 2.21. The predicted octanol–water partition coefficient (Wildman–Crippen LogP) is 3.96. The van der Waals surface area contributed by atoms with Gasteiger partial charge in [-0.05, 0) is 57.9 Å². The lowest BCUT2D eigenvalue weighted by atomic mass is 10.1. The lowest BCUT2D eigenvalue weighted by Gasteiger charge is -2.08. The molecule has 0 bridgehead atoms. The normalized spacial score (nSPS) is 10.9. The molecule has 0 aliphatic heterocycles. The molecule has 0 aliphatic rings. The molecule has 0 unspecified atom stereocenters. The highest BCUT2D eigenvalue weighted by atomic mass is 16.5. The molecular formula is C20H24N4O3. The van der Waals surface area contributed by atoms with Crippen LogP contribution in [0.25, 0.3) is 0 Å². The molecule has 3 aromatic rings. The van der Waals surface area contributed by atoms with Gasteiger partial charge < -0.3 is 14.6 Å². The minimum Gasteiger partial charge on any atom is -0.489 e. The van der Waals surface area contributed by atoms with Gasteiger partial charge in [-0.25, -0.2) is 0 Å². The van der Waals surface area contributed by atoms with Crippen LogP contribution in [0, 0.1) is 27.7 Å². The second kappa shape index (κ2) is 7.65. The van der Waals surface area contributed by atoms with Crippen molar-refractivity contribution in [2.45, 2.75) is 47.8 Å². The standard InChI is InChI=1S/C20H24N4O3/c1-6-24-14(4)10-18(22-24)21-20(25)19-17(15(5)27-23-19)11-26-16-8-7-12(2)13(3)9-16/h7-10H,6,11H2,1-5H3,(H,21,22,25). The molecular weight excluding hydrogens is 344 g/mol. The highest BCUT2D eigenvalue weighted by molar-refractivity contribution is 6.03. The first kappa shape index (κ1) is 18.7. The minimum atomic E-state index is -0.369. The van der Waals surface area contributed by atoms with Crippen molar-refractivity contribution in [3.63, 3.8) is 0 Å². The molecule has 7 heteroatoms.